The van der Waals surface area contributed by atoms with Crippen LogP contribution in [0.2, 0.25) is 0 Å². The van der Waals surface area contributed by atoms with Gasteiger partial charge in [-0.05, 0) is 44.7 Å². The fraction of sp³-hybridized carbons (Fsp3) is 0.833. The number of hydrogen-bond acceptors (Lipinski definition) is 3. The lowest BCUT2D eigenvalue weighted by atomic mass is 9.98. The van der Waals surface area contributed by atoms with E-state index in [-0.39, 0.29) is 11.8 Å². The van der Waals surface area contributed by atoms with E-state index in [2.05, 4.69) is 11.9 Å². The summed E-state index contributed by atoms with van der Waals surface area (Å²) in [6.45, 7) is 6.29. The van der Waals surface area contributed by atoms with Gasteiger partial charge in [0.1, 0.15) is 0 Å². The first-order valence-electron chi connectivity index (χ1n) is 6.44. The SMILES string of the molecule is C=CCS(=O)(=O)N(CC1CCNCC1)C1CC1. The second kappa shape index (κ2) is 5.50. The maximum Gasteiger partial charge on any atom is 0.217 e. The van der Waals surface area contributed by atoms with Crippen molar-refractivity contribution in [1.29, 1.82) is 0 Å². The van der Waals surface area contributed by atoms with Crippen molar-refractivity contribution in [2.24, 2.45) is 5.92 Å². The molecule has 0 atom stereocenters. The van der Waals surface area contributed by atoms with E-state index in [1.165, 1.54) is 6.08 Å². The number of piperidine rings is 1. The van der Waals surface area contributed by atoms with Crippen LogP contribution < -0.4 is 5.32 Å². The van der Waals surface area contributed by atoms with E-state index in [1.807, 2.05) is 0 Å². The smallest absolute Gasteiger partial charge is 0.217 e. The van der Waals surface area contributed by atoms with Gasteiger partial charge in [-0.15, -0.1) is 6.58 Å². The average Bonchev–Trinajstić information content (AvgIpc) is 3.11. The summed E-state index contributed by atoms with van der Waals surface area (Å²) in [6, 6.07) is 0.273. The summed E-state index contributed by atoms with van der Waals surface area (Å²) in [7, 11) is -3.11. The first kappa shape index (κ1) is 13.1. The van der Waals surface area contributed by atoms with Gasteiger partial charge < -0.3 is 5.32 Å². The summed E-state index contributed by atoms with van der Waals surface area (Å²) < 4.78 is 26.0. The van der Waals surface area contributed by atoms with Gasteiger partial charge in [-0.25, -0.2) is 8.42 Å². The third-order valence-electron chi connectivity index (χ3n) is 3.54. The zero-order valence-electron chi connectivity index (χ0n) is 10.3. The molecule has 0 amide bonds. The van der Waals surface area contributed by atoms with E-state index in [0.717, 1.165) is 38.8 Å². The average molecular weight is 258 g/mol. The molecule has 98 valence electrons. The fourth-order valence-corrected chi connectivity index (χ4v) is 4.01. The lowest BCUT2D eigenvalue weighted by molar-refractivity contribution is 0.284. The predicted molar refractivity (Wildman–Crippen MR) is 69.3 cm³/mol. The molecule has 1 saturated heterocycles. The van der Waals surface area contributed by atoms with Crippen LogP contribution >= 0.6 is 0 Å². The molecule has 0 bridgehead atoms. The van der Waals surface area contributed by atoms with Gasteiger partial charge in [0.05, 0.1) is 5.75 Å². The summed E-state index contributed by atoms with van der Waals surface area (Å²) in [4.78, 5) is 0. The highest BCUT2D eigenvalue weighted by Gasteiger charge is 2.37. The zero-order chi connectivity index (χ0) is 12.3. The van der Waals surface area contributed by atoms with Crippen molar-refractivity contribution in [1.82, 2.24) is 9.62 Å². The Morgan fingerprint density at radius 3 is 2.41 bits per heavy atom. The fourth-order valence-electron chi connectivity index (χ4n) is 2.42. The first-order valence-corrected chi connectivity index (χ1v) is 8.05. The van der Waals surface area contributed by atoms with Crippen molar-refractivity contribution in [3.63, 3.8) is 0 Å². The molecule has 2 rings (SSSR count). The molecule has 17 heavy (non-hydrogen) atoms. The molecule has 1 aliphatic carbocycles. The van der Waals surface area contributed by atoms with E-state index in [4.69, 9.17) is 0 Å². The van der Waals surface area contributed by atoms with Crippen LogP contribution in [0.1, 0.15) is 25.7 Å². The lowest BCUT2D eigenvalue weighted by Gasteiger charge is -2.29. The third-order valence-corrected chi connectivity index (χ3v) is 5.36. The third kappa shape index (κ3) is 3.53. The molecule has 0 spiro atoms. The molecule has 0 radical (unpaired) electrons. The summed E-state index contributed by atoms with van der Waals surface area (Å²) in [5.41, 5.74) is 0. The van der Waals surface area contributed by atoms with Crippen molar-refractivity contribution in [3.8, 4) is 0 Å². The van der Waals surface area contributed by atoms with Crippen molar-refractivity contribution in [2.45, 2.75) is 31.7 Å². The Labute approximate surface area is 104 Å². The molecule has 0 unspecified atom stereocenters. The Morgan fingerprint density at radius 2 is 1.88 bits per heavy atom. The first-order chi connectivity index (χ1) is 8.13. The number of nitrogens with zero attached hydrogens (tertiary/aromatic N) is 1. The van der Waals surface area contributed by atoms with Crippen LogP contribution in [0.3, 0.4) is 0 Å². The molecular weight excluding hydrogens is 236 g/mol. The molecule has 5 heteroatoms. The topological polar surface area (TPSA) is 49.4 Å². The molecule has 1 saturated carbocycles. The van der Waals surface area contributed by atoms with Gasteiger partial charge in [0.2, 0.25) is 10.0 Å². The normalized spacial score (nSPS) is 22.9. The Balaban J connectivity index is 1.99. The van der Waals surface area contributed by atoms with Gasteiger partial charge in [0.25, 0.3) is 0 Å². The number of sulfonamides is 1. The van der Waals surface area contributed by atoms with Crippen LogP contribution in [0.5, 0.6) is 0 Å². The van der Waals surface area contributed by atoms with E-state index >= 15 is 0 Å². The molecule has 1 aliphatic heterocycles. The Morgan fingerprint density at radius 1 is 1.24 bits per heavy atom. The Kier molecular flexibility index (Phi) is 4.22. The number of hydrogen-bond donors (Lipinski definition) is 1. The maximum absolute atomic E-state index is 12.1. The van der Waals surface area contributed by atoms with Crippen molar-refractivity contribution in [2.75, 3.05) is 25.4 Å². The highest BCUT2D eigenvalue weighted by molar-refractivity contribution is 7.89. The molecule has 0 aromatic heterocycles. The van der Waals surface area contributed by atoms with Crippen molar-refractivity contribution in [3.05, 3.63) is 12.7 Å². The maximum atomic E-state index is 12.1. The molecule has 2 fully saturated rings. The van der Waals surface area contributed by atoms with E-state index in [1.54, 1.807) is 4.31 Å². The van der Waals surface area contributed by atoms with Crippen molar-refractivity contribution >= 4 is 10.0 Å². The van der Waals surface area contributed by atoms with Crippen LogP contribution in [-0.2, 0) is 10.0 Å². The summed E-state index contributed by atoms with van der Waals surface area (Å²) in [5, 5.41) is 3.31. The predicted octanol–water partition coefficient (Wildman–Crippen LogP) is 0.966. The van der Waals surface area contributed by atoms with Crippen LogP contribution in [0.4, 0.5) is 0 Å². The number of rotatable bonds is 6. The summed E-state index contributed by atoms with van der Waals surface area (Å²) >= 11 is 0. The minimum Gasteiger partial charge on any atom is -0.317 e. The van der Waals surface area contributed by atoms with Gasteiger partial charge >= 0.3 is 0 Å². The number of nitrogens with one attached hydrogen (secondary N) is 1. The standard InChI is InChI=1S/C12H22N2O2S/c1-2-9-17(15,16)14(12-3-4-12)10-11-5-7-13-8-6-11/h2,11-13H,1,3-10H2. The van der Waals surface area contributed by atoms with Crippen LogP contribution in [-0.4, -0.2) is 44.2 Å². The van der Waals surface area contributed by atoms with Gasteiger partial charge in [-0.2, -0.15) is 4.31 Å². The van der Waals surface area contributed by atoms with Crippen LogP contribution in [0, 0.1) is 5.92 Å². The van der Waals surface area contributed by atoms with Gasteiger partial charge in [-0.1, -0.05) is 6.08 Å². The molecule has 1 N–H and O–H groups in total. The molecule has 4 nitrogen and oxygen atoms in total. The van der Waals surface area contributed by atoms with Gasteiger partial charge in [0.15, 0.2) is 0 Å². The molecular formula is C12H22N2O2S. The Hall–Kier alpha value is -0.390. The minimum absolute atomic E-state index is 0.0778. The molecule has 0 aromatic carbocycles. The van der Waals surface area contributed by atoms with E-state index < -0.39 is 10.0 Å². The summed E-state index contributed by atoms with van der Waals surface area (Å²) in [6.07, 6.45) is 5.73. The largest absolute Gasteiger partial charge is 0.317 e. The van der Waals surface area contributed by atoms with E-state index in [9.17, 15) is 8.42 Å². The Bertz CT molecular complexity index is 357. The highest BCUT2D eigenvalue weighted by atomic mass is 32.2. The lowest BCUT2D eigenvalue weighted by Crippen LogP contribution is -2.41. The molecule has 1 heterocycles. The molecule has 0 aromatic rings. The van der Waals surface area contributed by atoms with Gasteiger partial charge in [0, 0.05) is 12.6 Å². The van der Waals surface area contributed by atoms with E-state index in [0.29, 0.717) is 12.5 Å². The minimum atomic E-state index is -3.11. The van der Waals surface area contributed by atoms with Crippen LogP contribution in [0.15, 0.2) is 12.7 Å². The summed E-state index contributed by atoms with van der Waals surface area (Å²) in [5.74, 6) is 0.602. The highest BCUT2D eigenvalue weighted by Crippen LogP contribution is 2.31. The quantitative estimate of drug-likeness (QED) is 0.722. The zero-order valence-corrected chi connectivity index (χ0v) is 11.1. The van der Waals surface area contributed by atoms with Gasteiger partial charge in [-0.3, -0.25) is 0 Å². The van der Waals surface area contributed by atoms with Crippen molar-refractivity contribution < 1.29 is 8.42 Å². The molecule has 2 aliphatic rings. The monoisotopic (exact) mass is 258 g/mol. The second-order valence-corrected chi connectivity index (χ2v) is 7.03. The second-order valence-electron chi connectivity index (χ2n) is 5.06. The van der Waals surface area contributed by atoms with Crippen LogP contribution in [0.25, 0.3) is 0 Å².